The van der Waals surface area contributed by atoms with Crippen LogP contribution in [0.15, 0.2) is 6.07 Å². The van der Waals surface area contributed by atoms with Gasteiger partial charge in [-0.1, -0.05) is 0 Å². The number of aromatic nitrogens is 2. The predicted molar refractivity (Wildman–Crippen MR) is 38.1 cm³/mol. The molecule has 48 valence electrons. The summed E-state index contributed by atoms with van der Waals surface area (Å²) in [6.07, 6.45) is 0. The van der Waals surface area contributed by atoms with Gasteiger partial charge in [-0.2, -0.15) is 9.97 Å². The summed E-state index contributed by atoms with van der Waals surface area (Å²) in [5, 5.41) is 17.3. The number of nitrogens with zero attached hydrogens (tertiary/aromatic N) is 2. The molecule has 0 aliphatic carbocycles. The molecule has 1 heterocycles. The molecule has 2 N–H and O–H groups in total. The normalized spacial score (nSPS) is 9.44. The van der Waals surface area contributed by atoms with Crippen LogP contribution in [0, 0.1) is 3.70 Å². The summed E-state index contributed by atoms with van der Waals surface area (Å²) in [4.78, 5) is 6.74. The van der Waals surface area contributed by atoms with Gasteiger partial charge >= 0.3 is 6.01 Å². The van der Waals surface area contributed by atoms with E-state index in [1.165, 1.54) is 6.07 Å². The van der Waals surface area contributed by atoms with Crippen LogP contribution in [0.2, 0.25) is 0 Å². The molecule has 4 nitrogen and oxygen atoms in total. The molecule has 0 bridgehead atoms. The molecule has 1 aromatic rings. The van der Waals surface area contributed by atoms with Crippen molar-refractivity contribution in [2.75, 3.05) is 0 Å². The highest BCUT2D eigenvalue weighted by Gasteiger charge is 1.96. The highest BCUT2D eigenvalue weighted by atomic mass is 127. The summed E-state index contributed by atoms with van der Waals surface area (Å²) in [6, 6.07) is 0.944. The Labute approximate surface area is 64.7 Å². The van der Waals surface area contributed by atoms with Gasteiger partial charge in [-0.05, 0) is 22.6 Å². The van der Waals surface area contributed by atoms with E-state index in [0.717, 1.165) is 0 Å². The van der Waals surface area contributed by atoms with Gasteiger partial charge in [-0.3, -0.25) is 0 Å². The summed E-state index contributed by atoms with van der Waals surface area (Å²) in [7, 11) is 0. The highest BCUT2D eigenvalue weighted by molar-refractivity contribution is 14.1. The Morgan fingerprint density at radius 2 is 2.00 bits per heavy atom. The van der Waals surface area contributed by atoms with E-state index in [2.05, 4.69) is 9.97 Å². The Bertz CT molecular complexity index is 177. The second-order valence-electron chi connectivity index (χ2n) is 1.35. The molecule has 0 saturated carbocycles. The number of hydrogen-bond acceptors (Lipinski definition) is 4. The van der Waals surface area contributed by atoms with Crippen molar-refractivity contribution in [3.8, 4) is 11.9 Å². The molecular weight excluding hydrogens is 235 g/mol. The monoisotopic (exact) mass is 238 g/mol. The van der Waals surface area contributed by atoms with Gasteiger partial charge in [0.25, 0.3) is 0 Å². The van der Waals surface area contributed by atoms with Crippen molar-refractivity contribution in [2.45, 2.75) is 0 Å². The molecule has 0 aliphatic heterocycles. The van der Waals surface area contributed by atoms with Gasteiger partial charge < -0.3 is 10.2 Å². The first-order valence-corrected chi connectivity index (χ1v) is 3.19. The molecule has 0 unspecified atom stereocenters. The molecule has 0 saturated heterocycles. The number of hydrogen-bond donors (Lipinski definition) is 2. The Balaban J connectivity index is 3.17. The fourth-order valence-electron chi connectivity index (χ4n) is 0.394. The Hall–Kier alpha value is -0.590. The third-order valence-corrected chi connectivity index (χ3v) is 1.22. The Morgan fingerprint density at radius 3 is 2.44 bits per heavy atom. The molecule has 1 rings (SSSR count). The minimum absolute atomic E-state index is 0.216. The van der Waals surface area contributed by atoms with Gasteiger partial charge in [0.2, 0.25) is 5.88 Å². The number of aromatic hydroxyl groups is 2. The average molecular weight is 238 g/mol. The first kappa shape index (κ1) is 6.53. The maximum atomic E-state index is 8.68. The largest absolute Gasteiger partial charge is 0.493 e. The minimum Gasteiger partial charge on any atom is -0.493 e. The molecule has 0 amide bonds. The molecule has 0 aromatic carbocycles. The quantitative estimate of drug-likeness (QED) is 0.510. The lowest BCUT2D eigenvalue weighted by atomic mass is 10.6. The fourth-order valence-corrected chi connectivity index (χ4v) is 0.888. The SMILES string of the molecule is Oc1cc(I)nc(O)n1. The van der Waals surface area contributed by atoms with E-state index in [9.17, 15) is 0 Å². The summed E-state index contributed by atoms with van der Waals surface area (Å²) < 4.78 is 0.512. The number of rotatable bonds is 0. The molecule has 9 heavy (non-hydrogen) atoms. The van der Waals surface area contributed by atoms with Crippen molar-refractivity contribution in [1.29, 1.82) is 0 Å². The molecule has 0 spiro atoms. The lowest BCUT2D eigenvalue weighted by Crippen LogP contribution is -1.83. The van der Waals surface area contributed by atoms with E-state index in [0.29, 0.717) is 3.70 Å². The summed E-state index contributed by atoms with van der Waals surface area (Å²) in [5.41, 5.74) is 0. The summed E-state index contributed by atoms with van der Waals surface area (Å²) in [6.45, 7) is 0. The lowest BCUT2D eigenvalue weighted by Gasteiger charge is -1.91. The summed E-state index contributed by atoms with van der Waals surface area (Å²) >= 11 is 1.86. The maximum Gasteiger partial charge on any atom is 0.318 e. The summed E-state index contributed by atoms with van der Waals surface area (Å²) in [5.74, 6) is -0.216. The molecule has 5 heteroatoms. The first-order valence-electron chi connectivity index (χ1n) is 2.11. The Morgan fingerprint density at radius 1 is 1.33 bits per heavy atom. The van der Waals surface area contributed by atoms with Crippen LogP contribution in [0.25, 0.3) is 0 Å². The second kappa shape index (κ2) is 2.34. The molecule has 0 aliphatic rings. The van der Waals surface area contributed by atoms with Gasteiger partial charge in [0.05, 0.1) is 0 Å². The van der Waals surface area contributed by atoms with Crippen molar-refractivity contribution < 1.29 is 10.2 Å². The van der Waals surface area contributed by atoms with Gasteiger partial charge in [-0.15, -0.1) is 0 Å². The fraction of sp³-hybridized carbons (Fsp3) is 0. The average Bonchev–Trinajstić information content (AvgIpc) is 1.59. The third kappa shape index (κ3) is 1.67. The van der Waals surface area contributed by atoms with Crippen LogP contribution in [-0.4, -0.2) is 20.2 Å². The van der Waals surface area contributed by atoms with E-state index >= 15 is 0 Å². The molecule has 0 fully saturated rings. The topological polar surface area (TPSA) is 66.2 Å². The zero-order valence-electron chi connectivity index (χ0n) is 4.24. The maximum absolute atomic E-state index is 8.68. The zero-order chi connectivity index (χ0) is 6.85. The van der Waals surface area contributed by atoms with Gasteiger partial charge in [0.1, 0.15) is 3.70 Å². The Kier molecular flexibility index (Phi) is 1.70. The third-order valence-electron chi connectivity index (χ3n) is 0.670. The van der Waals surface area contributed by atoms with E-state index < -0.39 is 6.01 Å². The van der Waals surface area contributed by atoms with E-state index in [1.54, 1.807) is 0 Å². The van der Waals surface area contributed by atoms with Crippen LogP contribution in [-0.2, 0) is 0 Å². The zero-order valence-corrected chi connectivity index (χ0v) is 6.40. The van der Waals surface area contributed by atoms with Gasteiger partial charge in [-0.25, -0.2) is 0 Å². The standard InChI is InChI=1S/C4H3IN2O2/c5-2-1-3(8)7-4(9)6-2/h1H,(H2,6,7,8,9). The van der Waals surface area contributed by atoms with Crippen molar-refractivity contribution in [3.05, 3.63) is 9.77 Å². The number of halogens is 1. The van der Waals surface area contributed by atoms with E-state index in [1.807, 2.05) is 22.6 Å². The van der Waals surface area contributed by atoms with Crippen molar-refractivity contribution in [3.63, 3.8) is 0 Å². The van der Waals surface area contributed by atoms with Crippen molar-refractivity contribution in [1.82, 2.24) is 9.97 Å². The van der Waals surface area contributed by atoms with Gasteiger partial charge in [0, 0.05) is 6.07 Å². The van der Waals surface area contributed by atoms with E-state index in [4.69, 9.17) is 10.2 Å². The molecule has 0 radical (unpaired) electrons. The second-order valence-corrected chi connectivity index (χ2v) is 2.45. The van der Waals surface area contributed by atoms with Crippen LogP contribution >= 0.6 is 22.6 Å². The smallest absolute Gasteiger partial charge is 0.318 e. The van der Waals surface area contributed by atoms with Crippen LogP contribution < -0.4 is 0 Å². The van der Waals surface area contributed by atoms with Crippen LogP contribution in [0.4, 0.5) is 0 Å². The van der Waals surface area contributed by atoms with Crippen molar-refractivity contribution >= 4 is 22.6 Å². The van der Waals surface area contributed by atoms with Crippen LogP contribution in [0.3, 0.4) is 0 Å². The van der Waals surface area contributed by atoms with E-state index in [-0.39, 0.29) is 5.88 Å². The van der Waals surface area contributed by atoms with Crippen molar-refractivity contribution in [2.24, 2.45) is 0 Å². The van der Waals surface area contributed by atoms with Gasteiger partial charge in [0.15, 0.2) is 0 Å². The lowest BCUT2D eigenvalue weighted by molar-refractivity contribution is 0.395. The van der Waals surface area contributed by atoms with Crippen LogP contribution in [0.5, 0.6) is 11.9 Å². The molecule has 0 atom stereocenters. The predicted octanol–water partition coefficient (Wildman–Crippen LogP) is 0.492. The van der Waals surface area contributed by atoms with Crippen LogP contribution in [0.1, 0.15) is 0 Å². The highest BCUT2D eigenvalue weighted by Crippen LogP contribution is 2.11. The molecular formula is C4H3IN2O2. The first-order chi connectivity index (χ1) is 4.18. The molecule has 1 aromatic heterocycles. The minimum atomic E-state index is -0.403.